The number of benzene rings is 1. The molecule has 0 saturated carbocycles. The van der Waals surface area contributed by atoms with Gasteiger partial charge in [-0.2, -0.15) is 5.10 Å². The van der Waals surface area contributed by atoms with E-state index in [0.717, 1.165) is 16.8 Å². The molecule has 1 aromatic rings. The second kappa shape index (κ2) is 8.49. The standard InChI is InChI=1S/C19H26N4O4/c20-21-13-14-1-3-15(4-2-14)17-11-16(27-22-17)12-19(26)6-9-23(10-7-19)8-5-18(24)25/h1-4,13,16,26H,5-12,20H2,(H,24,25). The van der Waals surface area contributed by atoms with E-state index in [1.54, 1.807) is 6.21 Å². The number of likely N-dealkylation sites (tertiary alicyclic amines) is 1. The van der Waals surface area contributed by atoms with Crippen molar-refractivity contribution in [2.24, 2.45) is 16.1 Å². The van der Waals surface area contributed by atoms with Crippen LogP contribution in [0.1, 0.15) is 43.2 Å². The summed E-state index contributed by atoms with van der Waals surface area (Å²) in [7, 11) is 0. The van der Waals surface area contributed by atoms with Gasteiger partial charge in [0.25, 0.3) is 0 Å². The fraction of sp³-hybridized carbons (Fsp3) is 0.526. The third-order valence-corrected chi connectivity index (χ3v) is 5.24. The van der Waals surface area contributed by atoms with E-state index in [-0.39, 0.29) is 12.5 Å². The Kier molecular flexibility index (Phi) is 6.08. The van der Waals surface area contributed by atoms with Crippen LogP contribution in [-0.4, -0.2) is 64.3 Å². The molecule has 0 aliphatic carbocycles. The maximum atomic E-state index is 10.9. The number of piperidine rings is 1. The minimum absolute atomic E-state index is 0.136. The number of hydrogen-bond donors (Lipinski definition) is 3. The highest BCUT2D eigenvalue weighted by Crippen LogP contribution is 2.31. The predicted octanol–water partition coefficient (Wildman–Crippen LogP) is 1.16. The average Bonchev–Trinajstić information content (AvgIpc) is 3.10. The smallest absolute Gasteiger partial charge is 0.304 e. The third kappa shape index (κ3) is 5.27. The number of carbonyl (C=O) groups is 1. The second-order valence-corrected chi connectivity index (χ2v) is 7.28. The Hall–Kier alpha value is -2.45. The number of carboxylic acids is 1. The van der Waals surface area contributed by atoms with Gasteiger partial charge in [-0.15, -0.1) is 0 Å². The van der Waals surface area contributed by atoms with E-state index in [4.69, 9.17) is 15.8 Å². The number of nitrogens with zero attached hydrogens (tertiary/aromatic N) is 3. The summed E-state index contributed by atoms with van der Waals surface area (Å²) < 4.78 is 0. The van der Waals surface area contributed by atoms with E-state index >= 15 is 0 Å². The van der Waals surface area contributed by atoms with Crippen molar-refractivity contribution < 1.29 is 19.8 Å². The number of rotatable bonds is 7. The van der Waals surface area contributed by atoms with E-state index in [1.165, 1.54) is 0 Å². The Labute approximate surface area is 158 Å². The van der Waals surface area contributed by atoms with Crippen molar-refractivity contribution in [3.8, 4) is 0 Å². The molecule has 1 atom stereocenters. The number of hydrogen-bond acceptors (Lipinski definition) is 7. The molecule has 8 nitrogen and oxygen atoms in total. The number of nitrogens with two attached hydrogens (primary N) is 1. The average molecular weight is 374 g/mol. The van der Waals surface area contributed by atoms with Gasteiger partial charge >= 0.3 is 5.97 Å². The minimum atomic E-state index is -0.789. The van der Waals surface area contributed by atoms with E-state index in [9.17, 15) is 9.90 Å². The predicted molar refractivity (Wildman–Crippen MR) is 102 cm³/mol. The fourth-order valence-electron chi connectivity index (χ4n) is 3.63. The Morgan fingerprint density at radius 2 is 2.07 bits per heavy atom. The van der Waals surface area contributed by atoms with Crippen molar-refractivity contribution in [1.82, 2.24) is 4.90 Å². The fourth-order valence-corrected chi connectivity index (χ4v) is 3.63. The van der Waals surface area contributed by atoms with Gasteiger partial charge in [-0.25, -0.2) is 0 Å². The first-order valence-corrected chi connectivity index (χ1v) is 9.20. The molecule has 4 N–H and O–H groups in total. The molecule has 0 aromatic heterocycles. The minimum Gasteiger partial charge on any atom is -0.481 e. The van der Waals surface area contributed by atoms with Crippen molar-refractivity contribution in [3.05, 3.63) is 35.4 Å². The highest BCUT2D eigenvalue weighted by molar-refractivity contribution is 6.01. The lowest BCUT2D eigenvalue weighted by Gasteiger charge is -2.38. The van der Waals surface area contributed by atoms with Crippen LogP contribution in [0.2, 0.25) is 0 Å². The molecule has 0 spiro atoms. The number of aliphatic hydroxyl groups is 1. The van der Waals surface area contributed by atoms with Crippen LogP contribution in [0.4, 0.5) is 0 Å². The largest absolute Gasteiger partial charge is 0.481 e. The van der Waals surface area contributed by atoms with Gasteiger partial charge in [0, 0.05) is 32.5 Å². The van der Waals surface area contributed by atoms with Crippen LogP contribution < -0.4 is 5.84 Å². The molecule has 146 valence electrons. The van der Waals surface area contributed by atoms with Crippen molar-refractivity contribution in [1.29, 1.82) is 0 Å². The van der Waals surface area contributed by atoms with Gasteiger partial charge in [-0.05, 0) is 24.0 Å². The first-order chi connectivity index (χ1) is 13.0. The van der Waals surface area contributed by atoms with Gasteiger partial charge in [-0.3, -0.25) is 4.79 Å². The van der Waals surface area contributed by atoms with E-state index in [1.807, 2.05) is 24.3 Å². The molecule has 0 amide bonds. The van der Waals surface area contributed by atoms with Gasteiger partial charge < -0.3 is 25.8 Å². The van der Waals surface area contributed by atoms with Crippen LogP contribution in [0.3, 0.4) is 0 Å². The van der Waals surface area contributed by atoms with E-state index < -0.39 is 11.6 Å². The lowest BCUT2D eigenvalue weighted by Crippen LogP contribution is -2.46. The molecule has 1 fully saturated rings. The molecular formula is C19H26N4O4. The monoisotopic (exact) mass is 374 g/mol. The number of oxime groups is 1. The zero-order valence-corrected chi connectivity index (χ0v) is 15.3. The topological polar surface area (TPSA) is 121 Å². The number of hydrazone groups is 1. The molecule has 1 unspecified atom stereocenters. The zero-order chi connectivity index (χ0) is 19.3. The number of carboxylic acid groups (broad SMARTS) is 1. The zero-order valence-electron chi connectivity index (χ0n) is 15.3. The van der Waals surface area contributed by atoms with Gasteiger partial charge in [0.15, 0.2) is 0 Å². The summed E-state index contributed by atoms with van der Waals surface area (Å²) in [5.41, 5.74) is 2.00. The first kappa shape index (κ1) is 19.3. The molecule has 0 bridgehead atoms. The second-order valence-electron chi connectivity index (χ2n) is 7.28. The molecule has 27 heavy (non-hydrogen) atoms. The highest BCUT2D eigenvalue weighted by atomic mass is 16.6. The third-order valence-electron chi connectivity index (χ3n) is 5.24. The highest BCUT2D eigenvalue weighted by Gasteiger charge is 2.37. The van der Waals surface area contributed by atoms with Gasteiger partial charge in [0.1, 0.15) is 6.10 Å². The van der Waals surface area contributed by atoms with Gasteiger partial charge in [0.05, 0.1) is 23.9 Å². The van der Waals surface area contributed by atoms with Crippen LogP contribution in [0, 0.1) is 0 Å². The molecule has 1 aromatic carbocycles. The lowest BCUT2D eigenvalue weighted by atomic mass is 9.84. The molecule has 2 heterocycles. The Bertz CT molecular complexity index is 709. The van der Waals surface area contributed by atoms with Crippen molar-refractivity contribution in [3.63, 3.8) is 0 Å². The van der Waals surface area contributed by atoms with Crippen LogP contribution in [0.25, 0.3) is 0 Å². The molecule has 8 heteroatoms. The Morgan fingerprint density at radius 1 is 1.37 bits per heavy atom. The molecule has 0 radical (unpaired) electrons. The first-order valence-electron chi connectivity index (χ1n) is 9.20. The maximum absolute atomic E-state index is 10.9. The molecule has 3 rings (SSSR count). The van der Waals surface area contributed by atoms with Crippen molar-refractivity contribution >= 4 is 17.9 Å². The summed E-state index contributed by atoms with van der Waals surface area (Å²) in [5.74, 6) is 4.36. The van der Waals surface area contributed by atoms with Crippen LogP contribution in [0.15, 0.2) is 34.5 Å². The Morgan fingerprint density at radius 3 is 2.70 bits per heavy atom. The summed E-state index contributed by atoms with van der Waals surface area (Å²) in [6.07, 6.45) is 4.01. The van der Waals surface area contributed by atoms with E-state index in [2.05, 4.69) is 15.2 Å². The van der Waals surface area contributed by atoms with E-state index in [0.29, 0.717) is 45.3 Å². The summed E-state index contributed by atoms with van der Waals surface area (Å²) in [4.78, 5) is 18.3. The van der Waals surface area contributed by atoms with Crippen molar-refractivity contribution in [2.45, 2.75) is 43.8 Å². The quantitative estimate of drug-likeness (QED) is 0.374. The lowest BCUT2D eigenvalue weighted by molar-refractivity contribution is -0.137. The summed E-state index contributed by atoms with van der Waals surface area (Å²) in [5, 5.41) is 27.4. The SMILES string of the molecule is NN=Cc1ccc(C2=NOC(CC3(O)CCN(CCC(=O)O)CC3)C2)cc1. The van der Waals surface area contributed by atoms with Crippen LogP contribution in [0.5, 0.6) is 0 Å². The summed E-state index contributed by atoms with van der Waals surface area (Å²) >= 11 is 0. The summed E-state index contributed by atoms with van der Waals surface area (Å²) in [6.45, 7) is 1.94. The van der Waals surface area contributed by atoms with Crippen LogP contribution in [-0.2, 0) is 9.63 Å². The molecule has 1 saturated heterocycles. The van der Waals surface area contributed by atoms with Gasteiger partial charge in [0.2, 0.25) is 0 Å². The van der Waals surface area contributed by atoms with Crippen molar-refractivity contribution in [2.75, 3.05) is 19.6 Å². The van der Waals surface area contributed by atoms with Gasteiger partial charge in [-0.1, -0.05) is 29.4 Å². The summed E-state index contributed by atoms with van der Waals surface area (Å²) in [6, 6.07) is 7.75. The maximum Gasteiger partial charge on any atom is 0.304 e. The number of aliphatic carboxylic acids is 1. The van der Waals surface area contributed by atoms with Crippen LogP contribution >= 0.6 is 0 Å². The normalized spacial score (nSPS) is 22.6. The molecule has 2 aliphatic rings. The Balaban J connectivity index is 1.48. The molecular weight excluding hydrogens is 348 g/mol. The molecule has 2 aliphatic heterocycles.